The number of amides is 1. The van der Waals surface area contributed by atoms with Gasteiger partial charge in [-0.2, -0.15) is 36.3 Å². The van der Waals surface area contributed by atoms with Crippen LogP contribution in [0.1, 0.15) is 31.8 Å². The lowest BCUT2D eigenvalue weighted by atomic mass is 10.2. The Bertz CT molecular complexity index is 2840. The van der Waals surface area contributed by atoms with E-state index in [-0.39, 0.29) is 58.6 Å². The van der Waals surface area contributed by atoms with Gasteiger partial charge in [0.2, 0.25) is 11.9 Å². The van der Waals surface area contributed by atoms with Crippen LogP contribution in [0.4, 0.5) is 50.3 Å². The zero-order valence-corrected chi connectivity index (χ0v) is 29.7. The third kappa shape index (κ3) is 8.03. The van der Waals surface area contributed by atoms with Crippen molar-refractivity contribution in [1.82, 2.24) is 34.6 Å². The highest BCUT2D eigenvalue weighted by Crippen LogP contribution is 2.34. The van der Waals surface area contributed by atoms with Crippen LogP contribution in [0.5, 0.6) is 0 Å². The van der Waals surface area contributed by atoms with Gasteiger partial charge in [0, 0.05) is 19.7 Å². The van der Waals surface area contributed by atoms with Gasteiger partial charge in [0.25, 0.3) is 5.91 Å². The van der Waals surface area contributed by atoms with Crippen molar-refractivity contribution in [2.75, 3.05) is 23.8 Å². The molecule has 5 N–H and O–H groups in total. The molecule has 0 aliphatic heterocycles. The second-order valence-electron chi connectivity index (χ2n) is 12.4. The number of aliphatic hydroxyl groups excluding tert-OH is 1. The number of carboxylic acids is 1. The highest BCUT2D eigenvalue weighted by molar-refractivity contribution is 5.97. The van der Waals surface area contributed by atoms with Crippen LogP contribution >= 0.6 is 0 Å². The second kappa shape index (κ2) is 15.0. The summed E-state index contributed by atoms with van der Waals surface area (Å²) < 4.78 is 91.1. The number of aromatic nitrogens is 6. The predicted octanol–water partition coefficient (Wildman–Crippen LogP) is 7.31. The van der Waals surface area contributed by atoms with E-state index in [2.05, 4.69) is 36.0 Å². The fourth-order valence-corrected chi connectivity index (χ4v) is 5.62. The smallest absolute Gasteiger partial charge is 0.416 e. The van der Waals surface area contributed by atoms with Crippen LogP contribution in [0.15, 0.2) is 81.6 Å². The molecule has 58 heavy (non-hydrogen) atoms. The minimum absolute atomic E-state index is 0.0146. The molecule has 0 spiro atoms. The van der Waals surface area contributed by atoms with Gasteiger partial charge in [0.1, 0.15) is 11.0 Å². The van der Waals surface area contributed by atoms with E-state index in [0.29, 0.717) is 34.0 Å². The molecule has 4 heterocycles. The number of halogens is 6. The van der Waals surface area contributed by atoms with Gasteiger partial charge in [0.05, 0.1) is 52.0 Å². The molecule has 0 fully saturated rings. The number of anilines is 4. The number of alkyl halides is 6. The van der Waals surface area contributed by atoms with E-state index in [9.17, 15) is 35.9 Å². The molecule has 0 aliphatic rings. The second-order valence-corrected chi connectivity index (χ2v) is 12.4. The van der Waals surface area contributed by atoms with Gasteiger partial charge in [-0.05, 0) is 72.8 Å². The maximum atomic E-state index is 12.9. The van der Waals surface area contributed by atoms with E-state index < -0.39 is 35.4 Å². The number of aromatic carboxylic acids is 1. The number of nitrogens with one attached hydrogen (secondary N) is 3. The Morgan fingerprint density at radius 2 is 1.14 bits per heavy atom. The maximum Gasteiger partial charge on any atom is 0.416 e. The molecule has 0 saturated carbocycles. The molecular weight excluding hydrogens is 784 g/mol. The number of carbonyl (C=O) groups is 2. The molecule has 16 nitrogen and oxygen atoms in total. The van der Waals surface area contributed by atoms with E-state index >= 15 is 0 Å². The van der Waals surface area contributed by atoms with Gasteiger partial charge < -0.3 is 28.2 Å². The first-order chi connectivity index (χ1) is 27.5. The van der Waals surface area contributed by atoms with Crippen LogP contribution < -0.4 is 16.1 Å². The van der Waals surface area contributed by atoms with Gasteiger partial charge in [-0.25, -0.2) is 20.2 Å². The predicted molar refractivity (Wildman–Crippen MR) is 193 cm³/mol. The van der Waals surface area contributed by atoms with Gasteiger partial charge >= 0.3 is 30.4 Å². The van der Waals surface area contributed by atoms with E-state index in [1.165, 1.54) is 24.3 Å². The first-order valence-corrected chi connectivity index (χ1v) is 16.7. The van der Waals surface area contributed by atoms with Crippen molar-refractivity contribution in [2.24, 2.45) is 14.1 Å². The highest BCUT2D eigenvalue weighted by atomic mass is 19.4. The molecule has 0 bridgehead atoms. The summed E-state index contributed by atoms with van der Waals surface area (Å²) in [6.45, 7) is -0.275. The van der Waals surface area contributed by atoms with Crippen molar-refractivity contribution in [3.05, 3.63) is 95.1 Å². The number of hydroxylamine groups is 1. The van der Waals surface area contributed by atoms with Crippen LogP contribution in [-0.4, -0.2) is 64.4 Å². The van der Waals surface area contributed by atoms with Crippen molar-refractivity contribution in [2.45, 2.75) is 12.4 Å². The Kier molecular flexibility index (Phi) is 10.1. The molecule has 0 aliphatic carbocycles. The van der Waals surface area contributed by atoms with E-state index in [4.69, 9.17) is 23.9 Å². The Hall–Kier alpha value is -7.20. The summed E-state index contributed by atoms with van der Waals surface area (Å²) in [6.07, 6.45) is -8.97. The number of aryl methyl sites for hydroxylation is 2. The summed E-state index contributed by atoms with van der Waals surface area (Å²) in [5.74, 6) is -0.965. The van der Waals surface area contributed by atoms with Crippen molar-refractivity contribution < 1.29 is 59.8 Å². The van der Waals surface area contributed by atoms with Crippen LogP contribution in [-0.2, 0) is 31.3 Å². The number of carbonyl (C=O) groups excluding carboxylic acids is 1. The number of oxazole rings is 2. The van der Waals surface area contributed by atoms with E-state index in [1.807, 2.05) is 0 Å². The zero-order chi connectivity index (χ0) is 41.5. The molecule has 8 rings (SSSR count). The number of hydrogen-bond donors (Lipinski definition) is 5. The Labute approximate surface area is 319 Å². The van der Waals surface area contributed by atoms with Gasteiger partial charge in [-0.1, -0.05) is 0 Å². The highest BCUT2D eigenvalue weighted by Gasteiger charge is 2.32. The number of aliphatic hydroxyl groups is 1. The standard InChI is InChI=1S/C19H16F3N5O4.C17H11F3N4O3/c1-27-14-5-2-10(16(29)26-30-7-6-28)8-13(14)23-17(27)25-18-24-12-4-3-11(19(20,21)22)9-15(12)31-18;1-24-12-5-2-8(14(25)26)6-11(12)21-15(24)23-16-22-10-4-3-9(17(18,19)20)7-13(10)27-16/h2-5,8-9,28H,6-7H2,1H3,(H,26,29)(H,23,24,25);2-7H,1H3,(H,25,26)(H,21,22,23). The molecule has 1 amide bonds. The lowest BCUT2D eigenvalue weighted by Crippen LogP contribution is -2.25. The van der Waals surface area contributed by atoms with Gasteiger partial charge in [-0.3, -0.25) is 20.3 Å². The first-order valence-electron chi connectivity index (χ1n) is 16.7. The number of carboxylic acid groups (broad SMARTS) is 1. The number of rotatable bonds is 9. The average Bonchev–Trinajstić information content (AvgIpc) is 3.93. The number of imidazole rings is 2. The largest absolute Gasteiger partial charge is 0.478 e. The van der Waals surface area contributed by atoms with Crippen molar-refractivity contribution >= 4 is 80.1 Å². The van der Waals surface area contributed by atoms with Crippen LogP contribution in [0.2, 0.25) is 0 Å². The van der Waals surface area contributed by atoms with Gasteiger partial charge in [0.15, 0.2) is 11.2 Å². The molecule has 300 valence electrons. The molecule has 0 radical (unpaired) electrons. The summed E-state index contributed by atoms with van der Waals surface area (Å²) >= 11 is 0. The maximum absolute atomic E-state index is 12.9. The average molecular weight is 812 g/mol. The topological polar surface area (TPSA) is 208 Å². The quantitative estimate of drug-likeness (QED) is 0.0551. The molecule has 4 aromatic heterocycles. The lowest BCUT2D eigenvalue weighted by molar-refractivity contribution is -0.138. The van der Waals surface area contributed by atoms with Crippen LogP contribution in [0, 0.1) is 0 Å². The van der Waals surface area contributed by atoms with Crippen LogP contribution in [0.3, 0.4) is 0 Å². The SMILES string of the molecule is Cn1c(Nc2nc3ccc(C(F)(F)F)cc3o2)nc2cc(C(=O)NOCCO)ccc21.Cn1c(Nc2nc3ccc(C(F)(F)F)cc3o2)nc2cc(C(=O)O)ccc21. The third-order valence-corrected chi connectivity index (χ3v) is 8.50. The minimum Gasteiger partial charge on any atom is -0.478 e. The van der Waals surface area contributed by atoms with Gasteiger partial charge in [-0.15, -0.1) is 0 Å². The number of benzene rings is 4. The Morgan fingerprint density at radius 3 is 1.59 bits per heavy atom. The zero-order valence-electron chi connectivity index (χ0n) is 29.7. The third-order valence-electron chi connectivity index (χ3n) is 8.50. The summed E-state index contributed by atoms with van der Waals surface area (Å²) in [7, 11) is 3.41. The summed E-state index contributed by atoms with van der Waals surface area (Å²) in [6, 6.07) is 15.3. The fraction of sp³-hybridized carbons (Fsp3) is 0.167. The molecule has 0 saturated heterocycles. The number of nitrogens with zero attached hydrogens (tertiary/aromatic N) is 6. The Balaban J connectivity index is 0.000000178. The lowest BCUT2D eigenvalue weighted by Gasteiger charge is -2.04. The normalized spacial score (nSPS) is 11.9. The van der Waals surface area contributed by atoms with Crippen LogP contribution in [0.25, 0.3) is 44.3 Å². The van der Waals surface area contributed by atoms with E-state index in [0.717, 1.165) is 24.3 Å². The minimum atomic E-state index is -4.49. The Morgan fingerprint density at radius 1 is 0.672 bits per heavy atom. The summed E-state index contributed by atoms with van der Waals surface area (Å²) in [5, 5.41) is 23.4. The monoisotopic (exact) mass is 811 g/mol. The summed E-state index contributed by atoms with van der Waals surface area (Å²) in [5.41, 5.74) is 3.68. The molecule has 22 heteroatoms. The van der Waals surface area contributed by atoms with Crippen molar-refractivity contribution in [3.8, 4) is 0 Å². The first kappa shape index (κ1) is 39.1. The molecule has 0 unspecified atom stereocenters. The fourth-order valence-electron chi connectivity index (χ4n) is 5.62. The molecule has 4 aromatic carbocycles. The number of hydrogen-bond acceptors (Lipinski definition) is 12. The molecule has 0 atom stereocenters. The number of fused-ring (bicyclic) bond motifs is 4. The van der Waals surface area contributed by atoms with Crippen molar-refractivity contribution in [3.63, 3.8) is 0 Å². The van der Waals surface area contributed by atoms with E-state index in [1.54, 1.807) is 47.5 Å². The summed E-state index contributed by atoms with van der Waals surface area (Å²) in [4.78, 5) is 44.8. The molecular formula is C36H27F6N9O7. The van der Waals surface area contributed by atoms with Crippen molar-refractivity contribution in [1.29, 1.82) is 0 Å². The molecule has 8 aromatic rings.